The molecular formula is C12H27NO2S. The van der Waals surface area contributed by atoms with Gasteiger partial charge in [0.15, 0.2) is 0 Å². The first kappa shape index (κ1) is 15.9. The Morgan fingerprint density at radius 1 is 1.12 bits per heavy atom. The van der Waals surface area contributed by atoms with Gasteiger partial charge in [0.1, 0.15) is 9.84 Å². The highest BCUT2D eigenvalue weighted by Crippen LogP contribution is 2.16. The summed E-state index contributed by atoms with van der Waals surface area (Å²) in [7, 11) is -2.80. The largest absolute Gasteiger partial charge is 0.314 e. The Labute approximate surface area is 101 Å². The van der Waals surface area contributed by atoms with Crippen LogP contribution < -0.4 is 5.32 Å². The summed E-state index contributed by atoms with van der Waals surface area (Å²) in [6.07, 6.45) is 3.08. The van der Waals surface area contributed by atoms with Crippen LogP contribution in [0, 0.1) is 11.8 Å². The topological polar surface area (TPSA) is 46.2 Å². The SMILES string of the molecule is CC(C)NCC(CCCS(C)(=O)=O)C(C)C. The summed E-state index contributed by atoms with van der Waals surface area (Å²) < 4.78 is 22.1. The van der Waals surface area contributed by atoms with Gasteiger partial charge < -0.3 is 5.32 Å². The minimum atomic E-state index is -2.80. The van der Waals surface area contributed by atoms with Gasteiger partial charge in [-0.2, -0.15) is 0 Å². The van der Waals surface area contributed by atoms with E-state index in [0.29, 0.717) is 23.6 Å². The van der Waals surface area contributed by atoms with Crippen LogP contribution in [0.5, 0.6) is 0 Å². The second-order valence-electron chi connectivity index (χ2n) is 5.34. The fraction of sp³-hybridized carbons (Fsp3) is 1.00. The van der Waals surface area contributed by atoms with Gasteiger partial charge in [-0.05, 0) is 31.2 Å². The van der Waals surface area contributed by atoms with E-state index < -0.39 is 9.84 Å². The van der Waals surface area contributed by atoms with Crippen molar-refractivity contribution in [2.75, 3.05) is 18.6 Å². The molecule has 0 aromatic carbocycles. The van der Waals surface area contributed by atoms with Crippen molar-refractivity contribution >= 4 is 9.84 Å². The lowest BCUT2D eigenvalue weighted by molar-refractivity contribution is 0.328. The average molecular weight is 249 g/mol. The third-order valence-corrected chi connectivity index (χ3v) is 3.85. The number of rotatable bonds is 8. The Hall–Kier alpha value is -0.0900. The summed E-state index contributed by atoms with van der Waals surface area (Å²) in [4.78, 5) is 0. The van der Waals surface area contributed by atoms with E-state index in [9.17, 15) is 8.42 Å². The van der Waals surface area contributed by atoms with Gasteiger partial charge >= 0.3 is 0 Å². The molecule has 0 aliphatic rings. The van der Waals surface area contributed by atoms with Gasteiger partial charge in [-0.25, -0.2) is 8.42 Å². The Balaban J connectivity index is 3.95. The van der Waals surface area contributed by atoms with Crippen LogP contribution in [0.2, 0.25) is 0 Å². The molecule has 0 rings (SSSR count). The number of nitrogens with one attached hydrogen (secondary N) is 1. The molecule has 0 radical (unpaired) electrons. The predicted octanol–water partition coefficient (Wildman–Crippen LogP) is 2.08. The maximum absolute atomic E-state index is 11.0. The normalized spacial score (nSPS) is 14.7. The minimum Gasteiger partial charge on any atom is -0.314 e. The lowest BCUT2D eigenvalue weighted by atomic mass is 9.91. The molecule has 1 N–H and O–H groups in total. The van der Waals surface area contributed by atoms with Gasteiger partial charge in [0.2, 0.25) is 0 Å². The lowest BCUT2D eigenvalue weighted by Gasteiger charge is -2.22. The van der Waals surface area contributed by atoms with E-state index in [4.69, 9.17) is 0 Å². The maximum Gasteiger partial charge on any atom is 0.147 e. The Kier molecular flexibility index (Phi) is 7.24. The van der Waals surface area contributed by atoms with Crippen molar-refractivity contribution in [1.29, 1.82) is 0 Å². The average Bonchev–Trinajstić information content (AvgIpc) is 2.07. The summed E-state index contributed by atoms with van der Waals surface area (Å²) in [5, 5.41) is 3.43. The van der Waals surface area contributed by atoms with Crippen LogP contribution in [0.1, 0.15) is 40.5 Å². The Morgan fingerprint density at radius 2 is 1.69 bits per heavy atom. The molecule has 0 spiro atoms. The molecule has 0 fully saturated rings. The molecule has 0 aliphatic carbocycles. The molecule has 0 heterocycles. The molecule has 1 atom stereocenters. The lowest BCUT2D eigenvalue weighted by Crippen LogP contribution is -2.31. The first-order chi connectivity index (χ1) is 7.22. The third-order valence-electron chi connectivity index (χ3n) is 2.82. The summed E-state index contributed by atoms with van der Waals surface area (Å²) >= 11 is 0. The molecule has 0 aromatic rings. The Bertz CT molecular complexity index is 271. The summed E-state index contributed by atoms with van der Waals surface area (Å²) in [6, 6.07) is 0.496. The molecule has 4 heteroatoms. The molecule has 0 aliphatic heterocycles. The van der Waals surface area contributed by atoms with E-state index in [1.165, 1.54) is 6.26 Å². The van der Waals surface area contributed by atoms with Crippen LogP contribution in [0.4, 0.5) is 0 Å². The molecule has 0 saturated heterocycles. The summed E-state index contributed by atoms with van der Waals surface area (Å²) in [5.74, 6) is 1.49. The van der Waals surface area contributed by atoms with Crippen molar-refractivity contribution in [3.63, 3.8) is 0 Å². The van der Waals surface area contributed by atoms with Crippen LogP contribution in [0.15, 0.2) is 0 Å². The molecule has 1 unspecified atom stereocenters. The molecule has 0 aromatic heterocycles. The summed E-state index contributed by atoms with van der Waals surface area (Å²) in [5.41, 5.74) is 0. The van der Waals surface area contributed by atoms with E-state index >= 15 is 0 Å². The van der Waals surface area contributed by atoms with Crippen molar-refractivity contribution in [1.82, 2.24) is 5.32 Å². The minimum absolute atomic E-state index is 0.317. The van der Waals surface area contributed by atoms with Gasteiger partial charge in [-0.15, -0.1) is 0 Å². The number of hydrogen-bond acceptors (Lipinski definition) is 3. The second kappa shape index (κ2) is 7.28. The van der Waals surface area contributed by atoms with Crippen LogP contribution in [0.3, 0.4) is 0 Å². The second-order valence-corrected chi connectivity index (χ2v) is 7.60. The van der Waals surface area contributed by atoms with Crippen LogP contribution in [-0.4, -0.2) is 33.0 Å². The molecule has 0 amide bonds. The van der Waals surface area contributed by atoms with Gasteiger partial charge in [0, 0.05) is 18.1 Å². The van der Waals surface area contributed by atoms with Crippen LogP contribution in [-0.2, 0) is 9.84 Å². The highest BCUT2D eigenvalue weighted by Gasteiger charge is 2.14. The van der Waals surface area contributed by atoms with E-state index in [-0.39, 0.29) is 0 Å². The zero-order valence-corrected chi connectivity index (χ0v) is 12.1. The predicted molar refractivity (Wildman–Crippen MR) is 70.4 cm³/mol. The molecule has 0 bridgehead atoms. The fourth-order valence-electron chi connectivity index (χ4n) is 1.67. The van der Waals surface area contributed by atoms with E-state index in [1.54, 1.807) is 0 Å². The monoisotopic (exact) mass is 249 g/mol. The maximum atomic E-state index is 11.0. The molecule has 16 heavy (non-hydrogen) atoms. The van der Waals surface area contributed by atoms with E-state index in [0.717, 1.165) is 19.4 Å². The highest BCUT2D eigenvalue weighted by molar-refractivity contribution is 7.90. The molecular weight excluding hydrogens is 222 g/mol. The third kappa shape index (κ3) is 9.16. The first-order valence-electron chi connectivity index (χ1n) is 6.13. The molecule has 3 nitrogen and oxygen atoms in total. The zero-order chi connectivity index (χ0) is 12.8. The number of sulfone groups is 1. The van der Waals surface area contributed by atoms with Crippen molar-refractivity contribution in [3.8, 4) is 0 Å². The molecule has 98 valence electrons. The standard InChI is InChI=1S/C12H27NO2S/c1-10(2)12(9-13-11(3)4)7-6-8-16(5,14)15/h10-13H,6-9H2,1-5H3. The quantitative estimate of drug-likeness (QED) is 0.716. The van der Waals surface area contributed by atoms with Gasteiger partial charge in [0.05, 0.1) is 0 Å². The van der Waals surface area contributed by atoms with Gasteiger partial charge in [0.25, 0.3) is 0 Å². The fourth-order valence-corrected chi connectivity index (χ4v) is 2.36. The zero-order valence-electron chi connectivity index (χ0n) is 11.3. The Morgan fingerprint density at radius 3 is 2.06 bits per heavy atom. The van der Waals surface area contributed by atoms with E-state index in [1.807, 2.05) is 0 Å². The van der Waals surface area contributed by atoms with Crippen molar-refractivity contribution < 1.29 is 8.42 Å². The molecule has 0 saturated carbocycles. The van der Waals surface area contributed by atoms with Crippen LogP contribution >= 0.6 is 0 Å². The van der Waals surface area contributed by atoms with Gasteiger partial charge in [-0.1, -0.05) is 27.7 Å². The number of hydrogen-bond donors (Lipinski definition) is 1. The van der Waals surface area contributed by atoms with Gasteiger partial charge in [-0.3, -0.25) is 0 Å². The van der Waals surface area contributed by atoms with Crippen molar-refractivity contribution in [3.05, 3.63) is 0 Å². The smallest absolute Gasteiger partial charge is 0.147 e. The van der Waals surface area contributed by atoms with E-state index in [2.05, 4.69) is 33.0 Å². The van der Waals surface area contributed by atoms with Crippen molar-refractivity contribution in [2.24, 2.45) is 11.8 Å². The highest BCUT2D eigenvalue weighted by atomic mass is 32.2. The summed E-state index contributed by atoms with van der Waals surface area (Å²) in [6.45, 7) is 9.65. The first-order valence-corrected chi connectivity index (χ1v) is 8.19. The van der Waals surface area contributed by atoms with Crippen LogP contribution in [0.25, 0.3) is 0 Å². The van der Waals surface area contributed by atoms with Crippen molar-refractivity contribution in [2.45, 2.75) is 46.6 Å².